The van der Waals surface area contributed by atoms with Crippen LogP contribution >= 0.6 is 0 Å². The second-order valence-corrected chi connectivity index (χ2v) is 5.97. The van der Waals surface area contributed by atoms with Crippen LogP contribution in [0.1, 0.15) is 65.2 Å². The topological polar surface area (TPSA) is 54.4 Å². The molecule has 19 heavy (non-hydrogen) atoms. The van der Waals surface area contributed by atoms with Gasteiger partial charge < -0.3 is 5.11 Å². The quantitative estimate of drug-likeness (QED) is 0.283. The normalized spacial score (nSPS) is 11.4. The lowest BCUT2D eigenvalue weighted by molar-refractivity contribution is 0.382. The molecule has 0 rings (SSSR count). The second kappa shape index (κ2) is 10.9. The van der Waals surface area contributed by atoms with Gasteiger partial charge in [-0.25, -0.2) is 0 Å². The van der Waals surface area contributed by atoms with Crippen LogP contribution in [0.25, 0.3) is 0 Å². The first-order valence-electron chi connectivity index (χ1n) is 6.96. The van der Waals surface area contributed by atoms with Gasteiger partial charge in [-0.3, -0.25) is 0 Å². The summed E-state index contributed by atoms with van der Waals surface area (Å²) >= 11 is 0. The Bertz CT molecular complexity index is 422. The standard InChI is InChI=1S/C15H26O3S/c1-4-5-6-10-15(19(17)18)11-8-7-9-14(16)12-13(2)3/h12,16H,2,4-11H2,1,3H3. The molecule has 0 heterocycles. The fraction of sp³-hybridized carbons (Fsp3) is 0.667. The van der Waals surface area contributed by atoms with Gasteiger partial charge in [0.15, 0.2) is 0 Å². The van der Waals surface area contributed by atoms with Crippen LogP contribution in [0.3, 0.4) is 0 Å². The Morgan fingerprint density at radius 2 is 1.63 bits per heavy atom. The fourth-order valence-electron chi connectivity index (χ4n) is 1.85. The zero-order valence-electron chi connectivity index (χ0n) is 12.1. The van der Waals surface area contributed by atoms with Gasteiger partial charge >= 0.3 is 0 Å². The molecule has 0 fully saturated rings. The number of aliphatic hydroxyl groups excluding tert-OH is 1. The van der Waals surface area contributed by atoms with E-state index < -0.39 is 10.3 Å². The van der Waals surface area contributed by atoms with Gasteiger partial charge in [0, 0.05) is 11.3 Å². The molecule has 0 aromatic heterocycles. The Hall–Kier alpha value is -1.03. The zero-order chi connectivity index (χ0) is 14.7. The van der Waals surface area contributed by atoms with Crippen molar-refractivity contribution < 1.29 is 13.5 Å². The third kappa shape index (κ3) is 10.6. The van der Waals surface area contributed by atoms with Gasteiger partial charge in [0.1, 0.15) is 0 Å². The summed E-state index contributed by atoms with van der Waals surface area (Å²) in [5.74, 6) is 0.322. The summed E-state index contributed by atoms with van der Waals surface area (Å²) in [6.45, 7) is 7.63. The smallest absolute Gasteiger partial charge is 0.213 e. The summed E-state index contributed by atoms with van der Waals surface area (Å²) in [4.78, 5) is 0.622. The molecule has 0 aromatic carbocycles. The van der Waals surface area contributed by atoms with Gasteiger partial charge in [-0.2, -0.15) is 8.42 Å². The molecule has 0 saturated carbocycles. The van der Waals surface area contributed by atoms with E-state index in [1.54, 1.807) is 6.08 Å². The number of hydrogen-bond donors (Lipinski definition) is 1. The lowest BCUT2D eigenvalue weighted by atomic mass is 10.1. The molecule has 0 atom stereocenters. The third-order valence-corrected chi connectivity index (χ3v) is 3.73. The van der Waals surface area contributed by atoms with Crippen molar-refractivity contribution >= 4 is 15.2 Å². The van der Waals surface area contributed by atoms with Crippen LogP contribution < -0.4 is 0 Å². The summed E-state index contributed by atoms with van der Waals surface area (Å²) in [5.41, 5.74) is 0.824. The average molecular weight is 286 g/mol. The van der Waals surface area contributed by atoms with Crippen molar-refractivity contribution in [2.45, 2.75) is 65.2 Å². The third-order valence-electron chi connectivity index (χ3n) is 2.85. The highest BCUT2D eigenvalue weighted by Gasteiger charge is 2.03. The van der Waals surface area contributed by atoms with Gasteiger partial charge in [0.05, 0.1) is 5.76 Å². The molecule has 0 saturated heterocycles. The maximum Gasteiger partial charge on any atom is 0.213 e. The first kappa shape index (κ1) is 18.0. The SMILES string of the molecule is C=C(C)C=C(O)CCCCC(CCCCC)=S(=O)=O. The Labute approximate surface area is 118 Å². The molecule has 110 valence electrons. The molecule has 0 radical (unpaired) electrons. The lowest BCUT2D eigenvalue weighted by Crippen LogP contribution is -2.00. The first-order chi connectivity index (χ1) is 8.97. The summed E-state index contributed by atoms with van der Waals surface area (Å²) in [6.07, 6.45) is 8.23. The van der Waals surface area contributed by atoms with Crippen LogP contribution in [0.15, 0.2) is 24.0 Å². The fourth-order valence-corrected chi connectivity index (χ4v) is 2.47. The summed E-state index contributed by atoms with van der Waals surface area (Å²) in [7, 11) is -2.05. The van der Waals surface area contributed by atoms with Crippen LogP contribution in [0.2, 0.25) is 0 Å². The largest absolute Gasteiger partial charge is 0.512 e. The Morgan fingerprint density at radius 3 is 2.11 bits per heavy atom. The van der Waals surface area contributed by atoms with E-state index >= 15 is 0 Å². The molecule has 0 aliphatic heterocycles. The van der Waals surface area contributed by atoms with E-state index in [9.17, 15) is 13.5 Å². The molecular weight excluding hydrogens is 260 g/mol. The van der Waals surface area contributed by atoms with Gasteiger partial charge in [-0.1, -0.05) is 31.9 Å². The highest BCUT2D eigenvalue weighted by molar-refractivity contribution is 7.73. The van der Waals surface area contributed by atoms with Gasteiger partial charge in [0.2, 0.25) is 10.3 Å². The maximum absolute atomic E-state index is 11.1. The Balaban J connectivity index is 4.03. The number of allylic oxidation sites excluding steroid dienone is 3. The average Bonchev–Trinajstić information content (AvgIpc) is 2.31. The monoisotopic (exact) mass is 286 g/mol. The minimum Gasteiger partial charge on any atom is -0.512 e. The van der Waals surface area contributed by atoms with Crippen molar-refractivity contribution in [3.63, 3.8) is 0 Å². The molecular formula is C15H26O3S. The molecule has 0 unspecified atom stereocenters. The van der Waals surface area contributed by atoms with E-state index in [-0.39, 0.29) is 0 Å². The second-order valence-electron chi connectivity index (χ2n) is 4.92. The predicted octanol–water partition coefficient (Wildman–Crippen LogP) is 4.20. The predicted molar refractivity (Wildman–Crippen MR) is 82.1 cm³/mol. The molecule has 0 aliphatic carbocycles. The van der Waals surface area contributed by atoms with Crippen LogP contribution in [-0.2, 0) is 10.3 Å². The molecule has 0 amide bonds. The van der Waals surface area contributed by atoms with Gasteiger partial charge in [0.25, 0.3) is 0 Å². The number of aliphatic hydroxyl groups is 1. The first-order valence-corrected chi connectivity index (χ1v) is 8.03. The molecule has 1 N–H and O–H groups in total. The van der Waals surface area contributed by atoms with Crippen molar-refractivity contribution in [3.8, 4) is 0 Å². The van der Waals surface area contributed by atoms with Crippen LogP contribution in [0.5, 0.6) is 0 Å². The van der Waals surface area contributed by atoms with Crippen molar-refractivity contribution in [2.24, 2.45) is 0 Å². The maximum atomic E-state index is 11.1. The molecule has 4 heteroatoms. The van der Waals surface area contributed by atoms with Crippen molar-refractivity contribution in [1.29, 1.82) is 0 Å². The van der Waals surface area contributed by atoms with Crippen LogP contribution in [0.4, 0.5) is 0 Å². The minimum absolute atomic E-state index is 0.322. The van der Waals surface area contributed by atoms with Crippen LogP contribution in [-0.4, -0.2) is 18.4 Å². The Morgan fingerprint density at radius 1 is 1.11 bits per heavy atom. The van der Waals surface area contributed by atoms with Crippen molar-refractivity contribution in [3.05, 3.63) is 24.0 Å². The highest BCUT2D eigenvalue weighted by atomic mass is 32.2. The lowest BCUT2D eigenvalue weighted by Gasteiger charge is -2.03. The molecule has 0 bridgehead atoms. The summed E-state index contributed by atoms with van der Waals surface area (Å²) in [6, 6.07) is 0. The number of unbranched alkanes of at least 4 members (excludes halogenated alkanes) is 3. The summed E-state index contributed by atoms with van der Waals surface area (Å²) in [5, 5.41) is 9.54. The number of rotatable bonds is 10. The van der Waals surface area contributed by atoms with E-state index in [1.165, 1.54) is 0 Å². The zero-order valence-corrected chi connectivity index (χ0v) is 12.9. The van der Waals surface area contributed by atoms with Crippen LogP contribution in [0, 0.1) is 0 Å². The van der Waals surface area contributed by atoms with Crippen molar-refractivity contribution in [1.82, 2.24) is 0 Å². The molecule has 0 aliphatic rings. The van der Waals surface area contributed by atoms with E-state index in [2.05, 4.69) is 13.5 Å². The van der Waals surface area contributed by atoms with Gasteiger partial charge in [-0.05, 0) is 45.1 Å². The molecule has 0 spiro atoms. The Kier molecular flexibility index (Phi) is 10.3. The highest BCUT2D eigenvalue weighted by Crippen LogP contribution is 2.11. The van der Waals surface area contributed by atoms with E-state index in [0.29, 0.717) is 29.9 Å². The minimum atomic E-state index is -2.05. The molecule has 3 nitrogen and oxygen atoms in total. The molecule has 0 aromatic rings. The van der Waals surface area contributed by atoms with E-state index in [0.717, 1.165) is 37.7 Å². The van der Waals surface area contributed by atoms with Gasteiger partial charge in [-0.15, -0.1) is 0 Å². The van der Waals surface area contributed by atoms with E-state index in [4.69, 9.17) is 0 Å². The van der Waals surface area contributed by atoms with Crippen molar-refractivity contribution in [2.75, 3.05) is 0 Å². The van der Waals surface area contributed by atoms with E-state index in [1.807, 2.05) is 6.92 Å². The number of hydrogen-bond acceptors (Lipinski definition) is 3. The summed E-state index contributed by atoms with van der Waals surface area (Å²) < 4.78 is 22.1.